The zero-order valence-electron chi connectivity index (χ0n) is 20.3. The van der Waals surface area contributed by atoms with Crippen LogP contribution in [-0.4, -0.2) is 6.61 Å². The lowest BCUT2D eigenvalue weighted by Gasteiger charge is -2.42. The Morgan fingerprint density at radius 2 is 1.54 bits per heavy atom. The van der Waals surface area contributed by atoms with Crippen molar-refractivity contribution in [2.45, 2.75) is 90.1 Å². The Balaban J connectivity index is 1.39. The monoisotopic (exact) mass is 494 g/mol. The van der Waals surface area contributed by atoms with Gasteiger partial charge in [-0.25, -0.2) is 13.2 Å². The molecule has 0 bridgehead atoms. The summed E-state index contributed by atoms with van der Waals surface area (Å²) in [5.74, 6) is -1.69. The molecule has 2 aromatic carbocycles. The number of benzene rings is 2. The van der Waals surface area contributed by atoms with Crippen LogP contribution in [-0.2, 0) is 0 Å². The lowest BCUT2D eigenvalue weighted by molar-refractivity contribution is -0.0546. The summed E-state index contributed by atoms with van der Waals surface area (Å²) in [7, 11) is 0. The van der Waals surface area contributed by atoms with Gasteiger partial charge in [0.15, 0.2) is 17.4 Å². The second kappa shape index (κ2) is 11.7. The van der Waals surface area contributed by atoms with Crippen LogP contribution in [0.1, 0.15) is 89.0 Å². The van der Waals surface area contributed by atoms with E-state index in [0.717, 1.165) is 42.4 Å². The topological polar surface area (TPSA) is 9.23 Å². The average Bonchev–Trinajstić information content (AvgIpc) is 2.83. The maximum absolute atomic E-state index is 15.0. The van der Waals surface area contributed by atoms with Crippen LogP contribution in [0.5, 0.6) is 5.75 Å². The predicted octanol–water partition coefficient (Wildman–Crippen LogP) is 9.64. The number of hydrogen-bond donors (Lipinski definition) is 0. The molecule has 4 atom stereocenters. The first-order valence-corrected chi connectivity index (χ1v) is 13.1. The van der Waals surface area contributed by atoms with E-state index in [-0.39, 0.29) is 17.0 Å². The third-order valence-electron chi connectivity index (χ3n) is 8.17. The van der Waals surface area contributed by atoms with Crippen molar-refractivity contribution in [2.24, 2.45) is 17.8 Å². The fraction of sp³-hybridized carbons (Fsp3) is 0.586. The molecule has 0 N–H and O–H groups in total. The molecule has 2 fully saturated rings. The fourth-order valence-corrected chi connectivity index (χ4v) is 6.35. The maximum Gasteiger partial charge on any atom is 0.387 e. The number of halogens is 5. The molecule has 4 rings (SSSR count). The van der Waals surface area contributed by atoms with Crippen LogP contribution in [0.4, 0.5) is 22.0 Å². The number of fused-ring (bicyclic) bond motifs is 1. The first-order chi connectivity index (χ1) is 16.9. The average molecular weight is 495 g/mol. The van der Waals surface area contributed by atoms with Crippen LogP contribution in [0.2, 0.25) is 0 Å². The van der Waals surface area contributed by atoms with Crippen LogP contribution in [0.3, 0.4) is 0 Å². The highest BCUT2D eigenvalue weighted by Crippen LogP contribution is 2.48. The summed E-state index contributed by atoms with van der Waals surface area (Å²) in [6, 6.07) is 6.49. The first kappa shape index (κ1) is 26.0. The fourth-order valence-electron chi connectivity index (χ4n) is 6.35. The van der Waals surface area contributed by atoms with Gasteiger partial charge in [-0.3, -0.25) is 0 Å². The second-order valence-corrected chi connectivity index (χ2v) is 10.4. The largest absolute Gasteiger partial charge is 0.429 e. The van der Waals surface area contributed by atoms with Gasteiger partial charge in [-0.05, 0) is 85.1 Å². The number of rotatable bonds is 9. The second-order valence-electron chi connectivity index (χ2n) is 10.4. The van der Waals surface area contributed by atoms with Crippen molar-refractivity contribution in [2.75, 3.05) is 0 Å². The Hall–Kier alpha value is -2.11. The molecule has 0 aromatic heterocycles. The van der Waals surface area contributed by atoms with Crippen LogP contribution in [0.25, 0.3) is 11.1 Å². The van der Waals surface area contributed by atoms with Crippen molar-refractivity contribution in [1.29, 1.82) is 0 Å². The normalized spacial score (nSPS) is 24.4. The summed E-state index contributed by atoms with van der Waals surface area (Å²) in [4.78, 5) is 0. The van der Waals surface area contributed by atoms with Crippen molar-refractivity contribution in [3.8, 4) is 16.9 Å². The molecule has 0 radical (unpaired) electrons. The number of alkyl halides is 2. The lowest BCUT2D eigenvalue weighted by Crippen LogP contribution is -2.30. The minimum absolute atomic E-state index is 0.0346. The van der Waals surface area contributed by atoms with E-state index in [1.807, 2.05) is 6.07 Å². The van der Waals surface area contributed by atoms with Crippen molar-refractivity contribution < 1.29 is 26.7 Å². The van der Waals surface area contributed by atoms with Gasteiger partial charge in [-0.1, -0.05) is 57.6 Å². The van der Waals surface area contributed by atoms with Gasteiger partial charge in [0.05, 0.1) is 0 Å². The molecule has 2 aromatic rings. The Morgan fingerprint density at radius 3 is 2.23 bits per heavy atom. The van der Waals surface area contributed by atoms with Crippen LogP contribution in [0.15, 0.2) is 30.3 Å². The highest BCUT2D eigenvalue weighted by molar-refractivity contribution is 5.66. The highest BCUT2D eigenvalue weighted by atomic mass is 19.3. The van der Waals surface area contributed by atoms with E-state index in [2.05, 4.69) is 11.7 Å². The molecule has 0 saturated heterocycles. The van der Waals surface area contributed by atoms with E-state index in [1.54, 1.807) is 0 Å². The summed E-state index contributed by atoms with van der Waals surface area (Å²) in [6.07, 6.45) is 13.8. The maximum atomic E-state index is 15.0. The third kappa shape index (κ3) is 6.37. The molecule has 0 spiro atoms. The molecule has 192 valence electrons. The molecular formula is C29H35F5O. The van der Waals surface area contributed by atoms with E-state index >= 15 is 4.39 Å². The lowest BCUT2D eigenvalue weighted by atomic mass is 9.63. The van der Waals surface area contributed by atoms with Crippen molar-refractivity contribution >= 4 is 0 Å². The Morgan fingerprint density at radius 1 is 0.829 bits per heavy atom. The van der Waals surface area contributed by atoms with Gasteiger partial charge in [0.2, 0.25) is 0 Å². The highest BCUT2D eigenvalue weighted by Gasteiger charge is 2.36. The number of hydrogen-bond acceptors (Lipinski definition) is 1. The van der Waals surface area contributed by atoms with Gasteiger partial charge < -0.3 is 4.74 Å². The Bertz CT molecular complexity index is 968. The Labute approximate surface area is 205 Å². The molecule has 35 heavy (non-hydrogen) atoms. The molecule has 0 amide bonds. The zero-order valence-corrected chi connectivity index (χ0v) is 20.3. The van der Waals surface area contributed by atoms with Crippen molar-refractivity contribution in [3.05, 3.63) is 53.3 Å². The molecule has 0 heterocycles. The third-order valence-corrected chi connectivity index (χ3v) is 8.17. The standard InChI is InChI=1S/C29H35F5O/c1-2-3-4-5-6-18-7-8-20-14-21(10-9-19(20)13-18)22-11-12-24(25(30)15-22)23-16-26(31)28(27(32)17-23)35-29(33)34/h11-12,15-21,29H,2-10,13-14H2,1H3/t18?,19-,20-,21-/m1/s1. The van der Waals surface area contributed by atoms with E-state index in [1.165, 1.54) is 69.9 Å². The van der Waals surface area contributed by atoms with Gasteiger partial charge >= 0.3 is 6.61 Å². The smallest absolute Gasteiger partial charge is 0.387 e. The minimum Gasteiger partial charge on any atom is -0.429 e. The molecule has 0 aliphatic heterocycles. The zero-order chi connectivity index (χ0) is 24.9. The quantitative estimate of drug-likeness (QED) is 0.249. The van der Waals surface area contributed by atoms with Crippen molar-refractivity contribution in [1.82, 2.24) is 0 Å². The van der Waals surface area contributed by atoms with Gasteiger partial charge in [0.1, 0.15) is 5.82 Å². The van der Waals surface area contributed by atoms with E-state index < -0.39 is 29.8 Å². The van der Waals surface area contributed by atoms with E-state index in [0.29, 0.717) is 5.92 Å². The van der Waals surface area contributed by atoms with Crippen LogP contribution in [0, 0.1) is 35.2 Å². The molecule has 6 heteroatoms. The number of unbranched alkanes of at least 4 members (excludes halogenated alkanes) is 3. The summed E-state index contributed by atoms with van der Waals surface area (Å²) in [5, 5.41) is 0. The number of ether oxygens (including phenoxy) is 1. The first-order valence-electron chi connectivity index (χ1n) is 13.1. The molecule has 1 nitrogen and oxygen atoms in total. The predicted molar refractivity (Wildman–Crippen MR) is 128 cm³/mol. The molecule has 1 unspecified atom stereocenters. The molecular weight excluding hydrogens is 459 g/mol. The molecule has 2 saturated carbocycles. The van der Waals surface area contributed by atoms with Crippen LogP contribution < -0.4 is 4.74 Å². The van der Waals surface area contributed by atoms with E-state index in [9.17, 15) is 17.6 Å². The summed E-state index contributed by atoms with van der Waals surface area (Å²) < 4.78 is 71.9. The minimum atomic E-state index is -3.35. The molecule has 2 aliphatic rings. The summed E-state index contributed by atoms with van der Waals surface area (Å²) in [6.45, 7) is -1.11. The Kier molecular flexibility index (Phi) is 8.72. The van der Waals surface area contributed by atoms with Crippen LogP contribution >= 0.6 is 0 Å². The SMILES string of the molecule is CCCCCCC1CC[C@@H]2C[C@H](c3ccc(-c4cc(F)c(OC(F)F)c(F)c4)c(F)c3)CC[C@@H]2C1. The van der Waals surface area contributed by atoms with Gasteiger partial charge in [0, 0.05) is 5.56 Å². The summed E-state index contributed by atoms with van der Waals surface area (Å²) in [5.41, 5.74) is 0.907. The van der Waals surface area contributed by atoms with Crippen molar-refractivity contribution in [3.63, 3.8) is 0 Å². The van der Waals surface area contributed by atoms with Gasteiger partial charge in [0.25, 0.3) is 0 Å². The van der Waals surface area contributed by atoms with E-state index in [4.69, 9.17) is 0 Å². The van der Waals surface area contributed by atoms with Gasteiger partial charge in [-0.15, -0.1) is 0 Å². The summed E-state index contributed by atoms with van der Waals surface area (Å²) >= 11 is 0. The van der Waals surface area contributed by atoms with Gasteiger partial charge in [-0.2, -0.15) is 8.78 Å². The molecule has 2 aliphatic carbocycles.